The number of aromatic nitrogens is 1. The van der Waals surface area contributed by atoms with E-state index in [2.05, 4.69) is 22.1 Å². The Balaban J connectivity index is 1.39. The Bertz CT molecular complexity index is 1590. The smallest absolute Gasteiger partial charge is 0.255 e. The monoisotopic (exact) mass is 574 g/mol. The molecule has 2 N–H and O–H groups in total. The Labute approximate surface area is 228 Å². The predicted octanol–water partition coefficient (Wildman–Crippen LogP) is 5.15. The van der Waals surface area contributed by atoms with Crippen LogP contribution in [0.25, 0.3) is 0 Å². The van der Waals surface area contributed by atoms with Gasteiger partial charge in [0.15, 0.2) is 27.3 Å². The van der Waals surface area contributed by atoms with Gasteiger partial charge in [-0.1, -0.05) is 23.6 Å². The molecule has 2 unspecified atom stereocenters. The number of hydrogen-bond acceptors (Lipinski definition) is 5. The lowest BCUT2D eigenvalue weighted by molar-refractivity contribution is 0.0340. The van der Waals surface area contributed by atoms with Crippen LogP contribution in [0.1, 0.15) is 41.7 Å². The Kier molecular flexibility index (Phi) is 7.18. The quantitative estimate of drug-likeness (QED) is 0.332. The van der Waals surface area contributed by atoms with Crippen molar-refractivity contribution in [1.82, 2.24) is 4.98 Å². The first-order chi connectivity index (χ1) is 18.5. The summed E-state index contributed by atoms with van der Waals surface area (Å²) < 4.78 is 68.0. The van der Waals surface area contributed by atoms with Gasteiger partial charge in [0.1, 0.15) is 11.3 Å². The largest absolute Gasteiger partial charge is 0.378 e. The topological polar surface area (TPSA) is 96.4 Å². The molecule has 2 aliphatic rings. The van der Waals surface area contributed by atoms with Crippen LogP contribution in [-0.4, -0.2) is 35.3 Å². The molecule has 2 aromatic carbocycles. The molecule has 6 nitrogen and oxygen atoms in total. The average Bonchev–Trinajstić information content (AvgIpc) is 3.20. The van der Waals surface area contributed by atoms with Crippen molar-refractivity contribution < 1.29 is 31.5 Å². The minimum absolute atomic E-state index is 0.0828. The van der Waals surface area contributed by atoms with Crippen LogP contribution in [-0.2, 0) is 9.84 Å². The van der Waals surface area contributed by atoms with Crippen molar-refractivity contribution in [1.29, 1.82) is 0 Å². The fourth-order valence-electron chi connectivity index (χ4n) is 5.59. The van der Waals surface area contributed by atoms with E-state index in [0.717, 1.165) is 6.07 Å². The highest BCUT2D eigenvalue weighted by Crippen LogP contribution is 2.51. The lowest BCUT2D eigenvalue weighted by atomic mass is 9.77. The summed E-state index contributed by atoms with van der Waals surface area (Å²) in [5.41, 5.74) is -1.32. The summed E-state index contributed by atoms with van der Waals surface area (Å²) in [4.78, 5) is 16.6. The van der Waals surface area contributed by atoms with Gasteiger partial charge in [0.25, 0.3) is 5.91 Å². The van der Waals surface area contributed by atoms with E-state index in [0.29, 0.717) is 30.7 Å². The summed E-state index contributed by atoms with van der Waals surface area (Å²) in [5, 5.41) is 12.5. The zero-order valence-electron chi connectivity index (χ0n) is 20.3. The Morgan fingerprint density at radius 2 is 1.72 bits per heavy atom. The van der Waals surface area contributed by atoms with Gasteiger partial charge in [-0.05, 0) is 73.8 Å². The normalized spacial score (nSPS) is 24.1. The summed E-state index contributed by atoms with van der Waals surface area (Å²) >= 11 is 6.28. The van der Waals surface area contributed by atoms with Crippen LogP contribution in [0.4, 0.5) is 18.9 Å². The summed E-state index contributed by atoms with van der Waals surface area (Å²) in [6.45, 7) is 0. The fourth-order valence-corrected chi connectivity index (χ4v) is 8.44. The van der Waals surface area contributed by atoms with Gasteiger partial charge in [0.2, 0.25) is 0 Å². The second kappa shape index (κ2) is 10.3. The zero-order chi connectivity index (χ0) is 27.9. The molecule has 2 aliphatic carbocycles. The van der Waals surface area contributed by atoms with Crippen molar-refractivity contribution in [2.75, 3.05) is 5.32 Å². The molecule has 0 spiro atoms. The van der Waals surface area contributed by atoms with Gasteiger partial charge in [0.05, 0.1) is 15.2 Å². The molecule has 1 amide bonds. The van der Waals surface area contributed by atoms with Gasteiger partial charge in [-0.15, -0.1) is 0 Å². The molecular weight excluding hydrogens is 553 g/mol. The van der Waals surface area contributed by atoms with Crippen LogP contribution >= 0.6 is 11.6 Å². The standard InChI is InChI=1S/C28H22ClF3N2O4S/c29-21-7-6-16(27(35)34-20-12-22(30)25(32)23(31)13-20)11-24(21)39(37,38)26-17-4-5-18(26)15-28(36,14-17)9-8-19-3-1-2-10-33-19/h1-3,6-7,10-13,17-18,26,36H,4-5,14-15H2,(H,34,35)/t17-,18?,26?,28-/m0/s1. The first-order valence-corrected chi connectivity index (χ1v) is 14.1. The minimum atomic E-state index is -4.05. The maximum atomic E-state index is 13.8. The van der Waals surface area contributed by atoms with E-state index in [-0.39, 0.29) is 45.8 Å². The van der Waals surface area contributed by atoms with E-state index < -0.39 is 44.0 Å². The van der Waals surface area contributed by atoms with Gasteiger partial charge in [0, 0.05) is 29.6 Å². The predicted molar refractivity (Wildman–Crippen MR) is 138 cm³/mol. The second-order valence-corrected chi connectivity index (χ2v) is 12.3. The molecule has 1 heterocycles. The molecule has 39 heavy (non-hydrogen) atoms. The molecule has 0 radical (unpaired) electrons. The molecule has 1 aromatic heterocycles. The lowest BCUT2D eigenvalue weighted by Gasteiger charge is -2.38. The number of benzene rings is 2. The number of nitrogens with one attached hydrogen (secondary N) is 1. The number of aliphatic hydroxyl groups is 1. The number of fused-ring (bicyclic) bond motifs is 2. The van der Waals surface area contributed by atoms with E-state index in [1.54, 1.807) is 24.4 Å². The summed E-state index contributed by atoms with van der Waals surface area (Å²) in [7, 11) is -4.05. The SMILES string of the molecule is O=C(Nc1cc(F)c(F)c(F)c1)c1ccc(Cl)c(S(=O)(=O)C2C3CC[C@H]2C[C@@](O)(C#Cc2ccccn2)C3)c1. The highest BCUT2D eigenvalue weighted by Gasteiger charge is 2.54. The van der Waals surface area contributed by atoms with Crippen molar-refractivity contribution in [3.8, 4) is 11.8 Å². The van der Waals surface area contributed by atoms with Crippen molar-refractivity contribution in [2.24, 2.45) is 11.8 Å². The third-order valence-corrected chi connectivity index (χ3v) is 10.1. The first-order valence-electron chi connectivity index (χ1n) is 12.1. The number of hydrogen-bond donors (Lipinski definition) is 2. The fraction of sp³-hybridized carbons (Fsp3) is 0.286. The van der Waals surface area contributed by atoms with E-state index in [9.17, 15) is 31.5 Å². The summed E-state index contributed by atoms with van der Waals surface area (Å²) in [5.74, 6) is -0.501. The van der Waals surface area contributed by atoms with Crippen LogP contribution in [0.15, 0.2) is 59.6 Å². The molecule has 2 fully saturated rings. The van der Waals surface area contributed by atoms with E-state index >= 15 is 0 Å². The molecule has 4 atom stereocenters. The van der Waals surface area contributed by atoms with Crippen molar-refractivity contribution in [2.45, 2.75) is 41.4 Å². The lowest BCUT2D eigenvalue weighted by Crippen LogP contribution is -2.45. The van der Waals surface area contributed by atoms with Crippen molar-refractivity contribution in [3.63, 3.8) is 0 Å². The minimum Gasteiger partial charge on any atom is -0.378 e. The Morgan fingerprint density at radius 3 is 2.33 bits per heavy atom. The Hall–Kier alpha value is -3.39. The summed E-state index contributed by atoms with van der Waals surface area (Å²) in [6.07, 6.45) is 3.08. The Morgan fingerprint density at radius 1 is 1.05 bits per heavy atom. The van der Waals surface area contributed by atoms with Gasteiger partial charge in [-0.3, -0.25) is 4.79 Å². The molecule has 3 aromatic rings. The zero-order valence-corrected chi connectivity index (χ0v) is 21.9. The van der Waals surface area contributed by atoms with E-state index in [1.807, 2.05) is 0 Å². The number of pyridine rings is 1. The number of amides is 1. The first kappa shape index (κ1) is 27.2. The maximum absolute atomic E-state index is 13.8. The number of carbonyl (C=O) groups is 1. The molecular formula is C28H22ClF3N2O4S. The maximum Gasteiger partial charge on any atom is 0.255 e. The van der Waals surface area contributed by atoms with Crippen LogP contribution in [0.3, 0.4) is 0 Å². The van der Waals surface area contributed by atoms with E-state index in [4.69, 9.17) is 11.6 Å². The number of carbonyl (C=O) groups excluding carboxylic acids is 1. The third kappa shape index (κ3) is 5.39. The second-order valence-electron chi connectivity index (χ2n) is 9.87. The number of sulfone groups is 1. The van der Waals surface area contributed by atoms with Crippen LogP contribution in [0.2, 0.25) is 5.02 Å². The number of rotatable bonds is 4. The molecule has 0 saturated heterocycles. The molecule has 11 heteroatoms. The van der Waals surface area contributed by atoms with Crippen LogP contribution in [0, 0.1) is 41.1 Å². The molecule has 5 rings (SSSR count). The number of anilines is 1. The third-order valence-electron chi connectivity index (χ3n) is 7.23. The van der Waals surface area contributed by atoms with E-state index in [1.165, 1.54) is 12.1 Å². The van der Waals surface area contributed by atoms with Gasteiger partial charge in [-0.25, -0.2) is 26.6 Å². The highest BCUT2D eigenvalue weighted by molar-refractivity contribution is 7.92. The van der Waals surface area contributed by atoms with Crippen molar-refractivity contribution >= 4 is 33.0 Å². The highest BCUT2D eigenvalue weighted by atomic mass is 35.5. The molecule has 202 valence electrons. The van der Waals surface area contributed by atoms with Gasteiger partial charge < -0.3 is 10.4 Å². The van der Waals surface area contributed by atoms with Gasteiger partial charge in [-0.2, -0.15) is 0 Å². The molecule has 2 saturated carbocycles. The summed E-state index contributed by atoms with van der Waals surface area (Å²) in [6, 6.07) is 10.1. The molecule has 0 aliphatic heterocycles. The van der Waals surface area contributed by atoms with Crippen LogP contribution in [0.5, 0.6) is 0 Å². The van der Waals surface area contributed by atoms with Gasteiger partial charge >= 0.3 is 0 Å². The average molecular weight is 575 g/mol. The van der Waals surface area contributed by atoms with Crippen molar-refractivity contribution in [3.05, 3.63) is 88.5 Å². The van der Waals surface area contributed by atoms with Crippen LogP contribution < -0.4 is 5.32 Å². The number of halogens is 4. The number of nitrogens with zero attached hydrogens (tertiary/aromatic N) is 1. The molecule has 2 bridgehead atoms.